The molecular formula is C33H26ClN3O5. The van der Waals surface area contributed by atoms with E-state index in [1.54, 1.807) is 31.2 Å². The molecular weight excluding hydrogens is 554 g/mol. The molecule has 2 amide bonds. The summed E-state index contributed by atoms with van der Waals surface area (Å²) < 4.78 is 11.2. The van der Waals surface area contributed by atoms with Crippen molar-refractivity contribution in [1.82, 2.24) is 15.8 Å². The fourth-order valence-corrected chi connectivity index (χ4v) is 4.47. The van der Waals surface area contributed by atoms with Crippen molar-refractivity contribution in [3.05, 3.63) is 130 Å². The van der Waals surface area contributed by atoms with E-state index < -0.39 is 24.4 Å². The predicted molar refractivity (Wildman–Crippen MR) is 160 cm³/mol. The van der Waals surface area contributed by atoms with Crippen LogP contribution in [0, 0.1) is 6.92 Å². The minimum absolute atomic E-state index is 0.304. The van der Waals surface area contributed by atoms with Crippen LogP contribution in [-0.2, 0) is 16.1 Å². The molecule has 1 aromatic heterocycles. The van der Waals surface area contributed by atoms with Gasteiger partial charge < -0.3 is 9.47 Å². The number of pyridine rings is 1. The number of nitrogens with one attached hydrogen (secondary N) is 2. The third kappa shape index (κ3) is 6.74. The van der Waals surface area contributed by atoms with Gasteiger partial charge in [0.1, 0.15) is 12.4 Å². The van der Waals surface area contributed by atoms with Crippen molar-refractivity contribution in [3.8, 4) is 17.0 Å². The second-order valence-corrected chi connectivity index (χ2v) is 9.80. The first-order valence-corrected chi connectivity index (χ1v) is 13.5. The van der Waals surface area contributed by atoms with Gasteiger partial charge in [0.2, 0.25) is 0 Å². The van der Waals surface area contributed by atoms with Crippen molar-refractivity contribution in [2.45, 2.75) is 13.5 Å². The highest BCUT2D eigenvalue weighted by molar-refractivity contribution is 6.30. The summed E-state index contributed by atoms with van der Waals surface area (Å²) in [6.45, 7) is 1.64. The molecule has 2 N–H and O–H groups in total. The maximum absolute atomic E-state index is 13.3. The molecule has 8 nitrogen and oxygen atoms in total. The molecule has 0 fully saturated rings. The number of carbonyl (C=O) groups is 3. The lowest BCUT2D eigenvalue weighted by Gasteiger charge is -2.15. The predicted octanol–water partition coefficient (Wildman–Crippen LogP) is 6.06. The van der Waals surface area contributed by atoms with E-state index in [-0.39, 0.29) is 0 Å². The van der Waals surface area contributed by atoms with Crippen LogP contribution in [0.4, 0.5) is 0 Å². The van der Waals surface area contributed by atoms with Crippen LogP contribution in [0.2, 0.25) is 5.02 Å². The normalized spacial score (nSPS) is 10.6. The van der Waals surface area contributed by atoms with Crippen LogP contribution in [0.1, 0.15) is 31.8 Å². The van der Waals surface area contributed by atoms with E-state index in [4.69, 9.17) is 26.1 Å². The Kier molecular flexibility index (Phi) is 8.75. The molecule has 0 aliphatic rings. The van der Waals surface area contributed by atoms with Gasteiger partial charge in [-0.25, -0.2) is 9.78 Å². The summed E-state index contributed by atoms with van der Waals surface area (Å²) in [6, 6.07) is 30.7. The van der Waals surface area contributed by atoms with Gasteiger partial charge in [-0.3, -0.25) is 20.4 Å². The average molecular weight is 580 g/mol. The smallest absolute Gasteiger partial charge is 0.339 e. The van der Waals surface area contributed by atoms with E-state index in [0.29, 0.717) is 50.7 Å². The number of hydrogen-bond donors (Lipinski definition) is 2. The third-order valence-corrected chi connectivity index (χ3v) is 6.72. The van der Waals surface area contributed by atoms with Gasteiger partial charge in [0.15, 0.2) is 6.61 Å². The Morgan fingerprint density at radius 1 is 0.810 bits per heavy atom. The Morgan fingerprint density at radius 2 is 1.50 bits per heavy atom. The molecule has 4 aromatic carbocycles. The Bertz CT molecular complexity index is 1740. The lowest BCUT2D eigenvalue weighted by Crippen LogP contribution is -2.43. The van der Waals surface area contributed by atoms with Gasteiger partial charge in [-0.05, 0) is 72.6 Å². The molecule has 0 radical (unpaired) electrons. The molecule has 5 aromatic rings. The fraction of sp³-hybridized carbons (Fsp3) is 0.0909. The Balaban J connectivity index is 1.28. The largest absolute Gasteiger partial charge is 0.489 e. The van der Waals surface area contributed by atoms with Crippen LogP contribution in [0.5, 0.6) is 5.75 Å². The van der Waals surface area contributed by atoms with E-state index >= 15 is 0 Å². The first-order chi connectivity index (χ1) is 20.4. The maximum Gasteiger partial charge on any atom is 0.339 e. The van der Waals surface area contributed by atoms with Crippen molar-refractivity contribution in [2.24, 2.45) is 0 Å². The number of carbonyl (C=O) groups excluding carboxylic acids is 3. The van der Waals surface area contributed by atoms with Crippen molar-refractivity contribution in [1.29, 1.82) is 0 Å². The number of amides is 2. The molecule has 0 bridgehead atoms. The summed E-state index contributed by atoms with van der Waals surface area (Å²) in [5.74, 6) is -1.22. The van der Waals surface area contributed by atoms with Gasteiger partial charge in [-0.2, -0.15) is 0 Å². The highest BCUT2D eigenvalue weighted by Gasteiger charge is 2.21. The summed E-state index contributed by atoms with van der Waals surface area (Å²) in [5, 5.41) is 1.08. The molecule has 1 heterocycles. The van der Waals surface area contributed by atoms with Gasteiger partial charge in [0, 0.05) is 21.5 Å². The first-order valence-electron chi connectivity index (χ1n) is 13.1. The van der Waals surface area contributed by atoms with Crippen LogP contribution >= 0.6 is 11.6 Å². The van der Waals surface area contributed by atoms with Gasteiger partial charge in [-0.15, -0.1) is 0 Å². The first kappa shape index (κ1) is 28.3. The number of nitrogens with zero attached hydrogens (tertiary/aromatic N) is 1. The Morgan fingerprint density at radius 3 is 2.24 bits per heavy atom. The summed E-state index contributed by atoms with van der Waals surface area (Å²) in [7, 11) is 0. The monoisotopic (exact) mass is 579 g/mol. The molecule has 210 valence electrons. The van der Waals surface area contributed by atoms with Gasteiger partial charge in [0.25, 0.3) is 11.8 Å². The van der Waals surface area contributed by atoms with Crippen LogP contribution in [-0.4, -0.2) is 29.4 Å². The van der Waals surface area contributed by atoms with Gasteiger partial charge in [0.05, 0.1) is 16.8 Å². The van der Waals surface area contributed by atoms with Gasteiger partial charge in [-0.1, -0.05) is 60.1 Å². The molecule has 0 atom stereocenters. The number of fused-ring (bicyclic) bond motifs is 1. The van der Waals surface area contributed by atoms with Crippen molar-refractivity contribution in [2.75, 3.05) is 6.61 Å². The van der Waals surface area contributed by atoms with Crippen molar-refractivity contribution < 1.29 is 23.9 Å². The number of benzene rings is 4. The molecule has 0 unspecified atom stereocenters. The Labute approximate surface area is 247 Å². The molecule has 42 heavy (non-hydrogen) atoms. The zero-order valence-corrected chi connectivity index (χ0v) is 23.4. The quantitative estimate of drug-likeness (QED) is 0.171. The second-order valence-electron chi connectivity index (χ2n) is 9.36. The van der Waals surface area contributed by atoms with E-state index in [0.717, 1.165) is 11.1 Å². The van der Waals surface area contributed by atoms with Crippen molar-refractivity contribution >= 4 is 40.3 Å². The zero-order valence-electron chi connectivity index (χ0n) is 22.6. The topological polar surface area (TPSA) is 107 Å². The van der Waals surface area contributed by atoms with E-state index in [1.165, 1.54) is 12.1 Å². The number of hydrazine groups is 1. The van der Waals surface area contributed by atoms with Crippen LogP contribution in [0.15, 0.2) is 103 Å². The van der Waals surface area contributed by atoms with Crippen LogP contribution in [0.3, 0.4) is 0 Å². The molecule has 0 saturated heterocycles. The second kappa shape index (κ2) is 13.0. The number of para-hydroxylation sites is 1. The van der Waals surface area contributed by atoms with Crippen LogP contribution < -0.4 is 15.6 Å². The lowest BCUT2D eigenvalue weighted by molar-refractivity contribution is -0.125. The minimum atomic E-state index is -0.701. The molecule has 9 heteroatoms. The number of ether oxygens (including phenoxy) is 2. The number of esters is 1. The maximum atomic E-state index is 13.3. The highest BCUT2D eigenvalue weighted by Crippen LogP contribution is 2.31. The molecule has 0 aliphatic carbocycles. The number of rotatable bonds is 8. The highest BCUT2D eigenvalue weighted by atomic mass is 35.5. The summed E-state index contributed by atoms with van der Waals surface area (Å²) in [5.41, 5.74) is 8.81. The van der Waals surface area contributed by atoms with E-state index in [2.05, 4.69) is 10.9 Å². The number of halogens is 1. The zero-order chi connectivity index (χ0) is 29.5. The third-order valence-electron chi connectivity index (χ3n) is 6.47. The summed E-state index contributed by atoms with van der Waals surface area (Å²) >= 11 is 5.84. The van der Waals surface area contributed by atoms with E-state index in [1.807, 2.05) is 66.7 Å². The van der Waals surface area contributed by atoms with E-state index in [9.17, 15) is 14.4 Å². The summed E-state index contributed by atoms with van der Waals surface area (Å²) in [6.07, 6.45) is 0. The average Bonchev–Trinajstić information content (AvgIpc) is 3.02. The number of aromatic nitrogens is 1. The minimum Gasteiger partial charge on any atom is -0.489 e. The number of hydrogen-bond acceptors (Lipinski definition) is 6. The standard InChI is InChI=1S/C33H26ClN3O5/c1-21-30(33(40)42-20-29(38)36-37-32(39)24-11-15-25(34)16-12-24)27-9-5-6-10-28(27)35-31(21)23-13-17-26(18-14-23)41-19-22-7-3-2-4-8-22/h2-18H,19-20H2,1H3,(H,36,38)(H,37,39). The fourth-order valence-electron chi connectivity index (χ4n) is 4.34. The molecule has 5 rings (SSSR count). The van der Waals surface area contributed by atoms with Crippen LogP contribution in [0.25, 0.3) is 22.2 Å². The Hall–Kier alpha value is -5.21. The summed E-state index contributed by atoms with van der Waals surface area (Å²) in [4.78, 5) is 42.6. The molecule has 0 spiro atoms. The van der Waals surface area contributed by atoms with Crippen molar-refractivity contribution in [3.63, 3.8) is 0 Å². The van der Waals surface area contributed by atoms with Gasteiger partial charge >= 0.3 is 5.97 Å². The SMILES string of the molecule is Cc1c(-c2ccc(OCc3ccccc3)cc2)nc2ccccc2c1C(=O)OCC(=O)NNC(=O)c1ccc(Cl)cc1. The lowest BCUT2D eigenvalue weighted by atomic mass is 9.97. The molecule has 0 saturated carbocycles. The molecule has 0 aliphatic heterocycles.